The van der Waals surface area contributed by atoms with Crippen LogP contribution in [0.2, 0.25) is 5.15 Å². The maximum absolute atomic E-state index is 11.3. The lowest BCUT2D eigenvalue weighted by atomic mass is 10.2. The van der Waals surface area contributed by atoms with Gasteiger partial charge >= 0.3 is 0 Å². The largest absolute Gasteiger partial charge is 0.353 e. The lowest BCUT2D eigenvalue weighted by molar-refractivity contribution is 0.586. The minimum atomic E-state index is -2.87. The van der Waals surface area contributed by atoms with Crippen molar-refractivity contribution in [1.82, 2.24) is 10.2 Å². The molecule has 0 atom stereocenters. The summed E-state index contributed by atoms with van der Waals surface area (Å²) in [6.45, 7) is 4.75. The quantitative estimate of drug-likeness (QED) is 0.765. The average Bonchev–Trinajstić information content (AvgIpc) is 2.27. The molecule has 0 bridgehead atoms. The highest BCUT2D eigenvalue weighted by Crippen LogP contribution is 2.24. The first kappa shape index (κ1) is 12.6. The van der Waals surface area contributed by atoms with Gasteiger partial charge in [-0.15, -0.1) is 10.2 Å². The smallest absolute Gasteiger partial charge is 0.155 e. The summed E-state index contributed by atoms with van der Waals surface area (Å²) >= 11 is 5.88. The topological polar surface area (TPSA) is 63.2 Å². The molecular weight excluding hydrogens is 262 g/mol. The highest BCUT2D eigenvalue weighted by atomic mass is 35.5. The van der Waals surface area contributed by atoms with E-state index in [0.717, 1.165) is 16.9 Å². The molecule has 0 unspecified atom stereocenters. The molecular formula is C10H14ClN3O2S. The van der Waals surface area contributed by atoms with Crippen molar-refractivity contribution >= 4 is 27.3 Å². The Hall–Kier alpha value is -0.880. The average molecular weight is 276 g/mol. The van der Waals surface area contributed by atoms with Gasteiger partial charge in [-0.3, -0.25) is 0 Å². The van der Waals surface area contributed by atoms with Gasteiger partial charge in [0.15, 0.2) is 20.8 Å². The number of halogens is 1. The molecule has 94 valence electrons. The molecule has 2 rings (SSSR count). The number of aromatic nitrogens is 2. The van der Waals surface area contributed by atoms with Crippen LogP contribution >= 0.6 is 11.6 Å². The summed E-state index contributed by atoms with van der Waals surface area (Å²) in [5.74, 6) is 1.09. The van der Waals surface area contributed by atoms with Gasteiger partial charge in [-0.25, -0.2) is 8.42 Å². The molecule has 1 aromatic rings. The van der Waals surface area contributed by atoms with Crippen molar-refractivity contribution in [2.24, 2.45) is 0 Å². The molecule has 1 fully saturated rings. The summed E-state index contributed by atoms with van der Waals surface area (Å²) in [6.07, 6.45) is 0. The molecule has 0 aliphatic carbocycles. The second kappa shape index (κ2) is 4.42. The van der Waals surface area contributed by atoms with Gasteiger partial charge in [-0.2, -0.15) is 0 Å². The number of rotatable bonds is 1. The standard InChI is InChI=1S/C10H14ClN3O2S/c1-7-8(2)10(13-12-9(7)11)14-3-5-17(15,16)6-4-14/h3-6H2,1-2H3. The Labute approximate surface area is 106 Å². The molecule has 1 aliphatic heterocycles. The third kappa shape index (κ3) is 2.52. The number of anilines is 1. The first-order valence-corrected chi connectivity index (χ1v) is 7.55. The van der Waals surface area contributed by atoms with E-state index in [1.807, 2.05) is 18.7 Å². The SMILES string of the molecule is Cc1c(Cl)nnc(N2CCS(=O)(=O)CC2)c1C. The summed E-state index contributed by atoms with van der Waals surface area (Å²) < 4.78 is 22.7. The minimum Gasteiger partial charge on any atom is -0.353 e. The van der Waals surface area contributed by atoms with Crippen molar-refractivity contribution in [3.05, 3.63) is 16.3 Å². The molecule has 0 saturated carbocycles. The van der Waals surface area contributed by atoms with Gasteiger partial charge in [-0.05, 0) is 25.0 Å². The van der Waals surface area contributed by atoms with Crippen molar-refractivity contribution in [3.63, 3.8) is 0 Å². The molecule has 1 saturated heterocycles. The van der Waals surface area contributed by atoms with Crippen molar-refractivity contribution in [3.8, 4) is 0 Å². The number of nitrogens with zero attached hydrogens (tertiary/aromatic N) is 3. The van der Waals surface area contributed by atoms with E-state index in [4.69, 9.17) is 11.6 Å². The van der Waals surface area contributed by atoms with E-state index in [1.54, 1.807) is 0 Å². The maximum atomic E-state index is 11.3. The fourth-order valence-corrected chi connectivity index (χ4v) is 3.17. The van der Waals surface area contributed by atoms with Crippen molar-refractivity contribution in [2.75, 3.05) is 29.5 Å². The predicted octanol–water partition coefficient (Wildman–Crippen LogP) is 0.982. The predicted molar refractivity (Wildman–Crippen MR) is 67.4 cm³/mol. The van der Waals surface area contributed by atoms with E-state index >= 15 is 0 Å². The summed E-state index contributed by atoms with van der Waals surface area (Å²) in [5, 5.41) is 8.33. The molecule has 0 aromatic carbocycles. The van der Waals surface area contributed by atoms with E-state index in [2.05, 4.69) is 10.2 Å². The minimum absolute atomic E-state index is 0.176. The first-order valence-electron chi connectivity index (χ1n) is 5.35. The van der Waals surface area contributed by atoms with E-state index in [9.17, 15) is 8.42 Å². The zero-order chi connectivity index (χ0) is 12.6. The van der Waals surface area contributed by atoms with Crippen LogP contribution in [-0.4, -0.2) is 43.2 Å². The molecule has 0 radical (unpaired) electrons. The summed E-state index contributed by atoms with van der Waals surface area (Å²) in [4.78, 5) is 1.95. The Morgan fingerprint density at radius 1 is 1.12 bits per heavy atom. The number of hydrogen-bond acceptors (Lipinski definition) is 5. The van der Waals surface area contributed by atoms with Crippen molar-refractivity contribution in [1.29, 1.82) is 0 Å². The van der Waals surface area contributed by atoms with Gasteiger partial charge < -0.3 is 4.90 Å². The lowest BCUT2D eigenvalue weighted by Crippen LogP contribution is -2.41. The van der Waals surface area contributed by atoms with Crippen LogP contribution < -0.4 is 4.90 Å². The van der Waals surface area contributed by atoms with Crippen molar-refractivity contribution < 1.29 is 8.42 Å². The van der Waals surface area contributed by atoms with Crippen LogP contribution in [0, 0.1) is 13.8 Å². The van der Waals surface area contributed by atoms with Gasteiger partial charge in [0.25, 0.3) is 0 Å². The second-order valence-electron chi connectivity index (χ2n) is 4.20. The molecule has 5 nitrogen and oxygen atoms in total. The highest BCUT2D eigenvalue weighted by Gasteiger charge is 2.24. The Kier molecular flexibility index (Phi) is 3.27. The molecule has 17 heavy (non-hydrogen) atoms. The van der Waals surface area contributed by atoms with Gasteiger partial charge in [0.05, 0.1) is 11.5 Å². The molecule has 7 heteroatoms. The highest BCUT2D eigenvalue weighted by molar-refractivity contribution is 7.91. The third-order valence-electron chi connectivity index (χ3n) is 3.08. The molecule has 1 aliphatic rings. The fraction of sp³-hybridized carbons (Fsp3) is 0.600. The van der Waals surface area contributed by atoms with E-state index in [-0.39, 0.29) is 11.5 Å². The molecule has 0 spiro atoms. The molecule has 0 amide bonds. The molecule has 1 aromatic heterocycles. The van der Waals surface area contributed by atoms with Gasteiger partial charge in [0.1, 0.15) is 0 Å². The van der Waals surface area contributed by atoms with E-state index < -0.39 is 9.84 Å². The summed E-state index contributed by atoms with van der Waals surface area (Å²) in [7, 11) is -2.87. The summed E-state index contributed by atoms with van der Waals surface area (Å²) in [5.41, 5.74) is 1.86. The molecule has 0 N–H and O–H groups in total. The normalized spacial score (nSPS) is 19.4. The van der Waals surface area contributed by atoms with Gasteiger partial charge in [0.2, 0.25) is 0 Å². The number of hydrogen-bond donors (Lipinski definition) is 0. The third-order valence-corrected chi connectivity index (χ3v) is 5.05. The zero-order valence-corrected chi connectivity index (χ0v) is 11.3. The Bertz CT molecular complexity index is 531. The van der Waals surface area contributed by atoms with Crippen LogP contribution in [-0.2, 0) is 9.84 Å². The van der Waals surface area contributed by atoms with Crippen LogP contribution in [0.4, 0.5) is 5.82 Å². The van der Waals surface area contributed by atoms with Gasteiger partial charge in [0, 0.05) is 13.1 Å². The van der Waals surface area contributed by atoms with Crippen LogP contribution in [0.15, 0.2) is 0 Å². The maximum Gasteiger partial charge on any atom is 0.155 e. The van der Waals surface area contributed by atoms with Gasteiger partial charge in [-0.1, -0.05) is 11.6 Å². The van der Waals surface area contributed by atoms with Crippen molar-refractivity contribution in [2.45, 2.75) is 13.8 Å². The second-order valence-corrected chi connectivity index (χ2v) is 6.86. The molecule has 2 heterocycles. The Morgan fingerprint density at radius 3 is 2.29 bits per heavy atom. The monoisotopic (exact) mass is 275 g/mol. The first-order chi connectivity index (χ1) is 7.91. The van der Waals surface area contributed by atoms with Crippen LogP contribution in [0.5, 0.6) is 0 Å². The van der Waals surface area contributed by atoms with Crippen LogP contribution in [0.3, 0.4) is 0 Å². The van der Waals surface area contributed by atoms with E-state index in [0.29, 0.717) is 18.2 Å². The zero-order valence-electron chi connectivity index (χ0n) is 9.77. The number of sulfone groups is 1. The Balaban J connectivity index is 2.28. The summed E-state index contributed by atoms with van der Waals surface area (Å²) in [6, 6.07) is 0. The fourth-order valence-electron chi connectivity index (χ4n) is 1.79. The van der Waals surface area contributed by atoms with Crippen LogP contribution in [0.25, 0.3) is 0 Å². The Morgan fingerprint density at radius 2 is 1.71 bits per heavy atom. The lowest BCUT2D eigenvalue weighted by Gasteiger charge is -2.28. The van der Waals surface area contributed by atoms with Crippen LogP contribution in [0.1, 0.15) is 11.1 Å². The van der Waals surface area contributed by atoms with E-state index in [1.165, 1.54) is 0 Å².